The molecule has 3 rings (SSSR count). The van der Waals surface area contributed by atoms with Crippen LogP contribution in [0.15, 0.2) is 72.8 Å². The first kappa shape index (κ1) is 18.5. The molecule has 138 valence electrons. The summed E-state index contributed by atoms with van der Waals surface area (Å²) in [5, 5.41) is 9.33. The first-order chi connectivity index (χ1) is 13.1. The molecule has 0 heterocycles. The molecular formula is C22H19FO4. The van der Waals surface area contributed by atoms with Crippen LogP contribution in [-0.4, -0.2) is 24.3 Å². The van der Waals surface area contributed by atoms with Crippen LogP contribution in [-0.2, 0) is 4.74 Å². The Morgan fingerprint density at radius 1 is 0.815 bits per heavy atom. The van der Waals surface area contributed by atoms with Gasteiger partial charge in [0.15, 0.2) is 0 Å². The number of aromatic hydroxyl groups is 1. The average molecular weight is 366 g/mol. The minimum Gasteiger partial charge on any atom is -0.508 e. The molecule has 0 aliphatic heterocycles. The van der Waals surface area contributed by atoms with Gasteiger partial charge in [-0.1, -0.05) is 24.3 Å². The summed E-state index contributed by atoms with van der Waals surface area (Å²) in [7, 11) is 0. The van der Waals surface area contributed by atoms with Gasteiger partial charge in [0.25, 0.3) is 0 Å². The number of hydrogen-bond donors (Lipinski definition) is 1. The highest BCUT2D eigenvalue weighted by atomic mass is 19.1. The predicted molar refractivity (Wildman–Crippen MR) is 100 cm³/mol. The minimum atomic E-state index is -0.394. The Morgan fingerprint density at radius 2 is 1.41 bits per heavy atom. The lowest BCUT2D eigenvalue weighted by molar-refractivity contribution is 0.0486. The second-order valence-corrected chi connectivity index (χ2v) is 5.92. The molecule has 27 heavy (non-hydrogen) atoms. The van der Waals surface area contributed by atoms with Gasteiger partial charge in [-0.25, -0.2) is 9.18 Å². The molecule has 0 saturated heterocycles. The van der Waals surface area contributed by atoms with E-state index in [9.17, 15) is 14.3 Å². The van der Waals surface area contributed by atoms with Crippen molar-refractivity contribution in [1.29, 1.82) is 0 Å². The third kappa shape index (κ3) is 5.31. The molecule has 5 heteroatoms. The van der Waals surface area contributed by atoms with Crippen LogP contribution in [0, 0.1) is 5.82 Å². The molecule has 0 spiro atoms. The number of phenols is 1. The predicted octanol–water partition coefficient (Wildman–Crippen LogP) is 4.82. The number of rotatable bonds is 7. The van der Waals surface area contributed by atoms with E-state index in [4.69, 9.17) is 9.47 Å². The van der Waals surface area contributed by atoms with Crippen LogP contribution in [0.2, 0.25) is 0 Å². The fourth-order valence-electron chi connectivity index (χ4n) is 2.48. The van der Waals surface area contributed by atoms with Gasteiger partial charge in [0, 0.05) is 6.42 Å². The number of esters is 1. The quantitative estimate of drug-likeness (QED) is 0.481. The summed E-state index contributed by atoms with van der Waals surface area (Å²) in [6, 6.07) is 19.7. The first-order valence-corrected chi connectivity index (χ1v) is 8.57. The van der Waals surface area contributed by atoms with Gasteiger partial charge in [0.1, 0.15) is 17.3 Å². The molecule has 3 aromatic rings. The molecule has 0 amide bonds. The topological polar surface area (TPSA) is 55.8 Å². The molecule has 0 bridgehead atoms. The standard InChI is InChI=1S/C22H19FO4/c23-19-8-12-21(13-9-19)26-14-1-15-27-22(25)18-4-2-16(3-5-18)17-6-10-20(24)11-7-17/h2-13,24H,1,14-15H2. The van der Waals surface area contributed by atoms with Crippen molar-refractivity contribution < 1.29 is 23.8 Å². The largest absolute Gasteiger partial charge is 0.508 e. The molecule has 0 aromatic heterocycles. The van der Waals surface area contributed by atoms with Crippen LogP contribution < -0.4 is 4.74 Å². The summed E-state index contributed by atoms with van der Waals surface area (Å²) in [6.07, 6.45) is 0.536. The molecule has 0 radical (unpaired) electrons. The molecular weight excluding hydrogens is 347 g/mol. The fraction of sp³-hybridized carbons (Fsp3) is 0.136. The summed E-state index contributed by atoms with van der Waals surface area (Å²) < 4.78 is 23.5. The maximum Gasteiger partial charge on any atom is 0.338 e. The maximum absolute atomic E-state index is 12.8. The van der Waals surface area contributed by atoms with Crippen molar-refractivity contribution in [2.75, 3.05) is 13.2 Å². The van der Waals surface area contributed by atoms with Crippen molar-refractivity contribution in [2.45, 2.75) is 6.42 Å². The van der Waals surface area contributed by atoms with Crippen molar-refractivity contribution in [3.8, 4) is 22.6 Å². The van der Waals surface area contributed by atoms with E-state index in [0.29, 0.717) is 24.3 Å². The van der Waals surface area contributed by atoms with Crippen molar-refractivity contribution in [3.05, 3.63) is 84.2 Å². The third-order valence-electron chi connectivity index (χ3n) is 3.93. The van der Waals surface area contributed by atoms with E-state index in [1.54, 1.807) is 36.4 Å². The molecule has 3 aromatic carbocycles. The van der Waals surface area contributed by atoms with Gasteiger partial charge in [-0.15, -0.1) is 0 Å². The molecule has 0 aliphatic rings. The molecule has 0 atom stereocenters. The average Bonchev–Trinajstić information content (AvgIpc) is 2.70. The second-order valence-electron chi connectivity index (χ2n) is 5.92. The van der Waals surface area contributed by atoms with Gasteiger partial charge >= 0.3 is 5.97 Å². The number of carbonyl (C=O) groups is 1. The monoisotopic (exact) mass is 366 g/mol. The summed E-state index contributed by atoms with van der Waals surface area (Å²) in [6.45, 7) is 0.610. The van der Waals surface area contributed by atoms with E-state index < -0.39 is 5.97 Å². The highest BCUT2D eigenvalue weighted by Crippen LogP contribution is 2.22. The van der Waals surface area contributed by atoms with Crippen LogP contribution in [0.5, 0.6) is 11.5 Å². The normalized spacial score (nSPS) is 10.4. The Bertz CT molecular complexity index is 872. The highest BCUT2D eigenvalue weighted by molar-refractivity contribution is 5.90. The Kier molecular flexibility index (Phi) is 6.05. The van der Waals surface area contributed by atoms with E-state index in [2.05, 4.69) is 0 Å². The number of phenolic OH excluding ortho intramolecular Hbond substituents is 1. The molecule has 0 fully saturated rings. The van der Waals surface area contributed by atoms with Gasteiger partial charge in [0.2, 0.25) is 0 Å². The van der Waals surface area contributed by atoms with Crippen LogP contribution >= 0.6 is 0 Å². The molecule has 1 N–H and O–H groups in total. The number of ether oxygens (including phenoxy) is 2. The lowest BCUT2D eigenvalue weighted by atomic mass is 10.0. The second kappa shape index (κ2) is 8.85. The lowest BCUT2D eigenvalue weighted by Gasteiger charge is -2.08. The first-order valence-electron chi connectivity index (χ1n) is 8.57. The highest BCUT2D eigenvalue weighted by Gasteiger charge is 2.07. The number of carbonyl (C=O) groups excluding carboxylic acids is 1. The van der Waals surface area contributed by atoms with E-state index in [1.807, 2.05) is 24.3 Å². The lowest BCUT2D eigenvalue weighted by Crippen LogP contribution is -2.09. The zero-order chi connectivity index (χ0) is 19.1. The van der Waals surface area contributed by atoms with Crippen molar-refractivity contribution in [2.24, 2.45) is 0 Å². The van der Waals surface area contributed by atoms with Crippen LogP contribution in [0.25, 0.3) is 11.1 Å². The van der Waals surface area contributed by atoms with E-state index in [1.165, 1.54) is 12.1 Å². The smallest absolute Gasteiger partial charge is 0.338 e. The van der Waals surface area contributed by atoms with Crippen molar-refractivity contribution in [3.63, 3.8) is 0 Å². The number of hydrogen-bond acceptors (Lipinski definition) is 4. The minimum absolute atomic E-state index is 0.211. The van der Waals surface area contributed by atoms with Crippen molar-refractivity contribution in [1.82, 2.24) is 0 Å². The molecule has 0 saturated carbocycles. The van der Waals surface area contributed by atoms with Gasteiger partial charge in [-0.2, -0.15) is 0 Å². The van der Waals surface area contributed by atoms with Gasteiger partial charge in [0.05, 0.1) is 18.8 Å². The number of halogens is 1. The van der Waals surface area contributed by atoms with Gasteiger partial charge < -0.3 is 14.6 Å². The Labute approximate surface area is 156 Å². The summed E-state index contributed by atoms with van der Waals surface area (Å²) >= 11 is 0. The molecule has 4 nitrogen and oxygen atoms in total. The SMILES string of the molecule is O=C(OCCCOc1ccc(F)cc1)c1ccc(-c2ccc(O)cc2)cc1. The Balaban J connectivity index is 1.44. The van der Waals surface area contributed by atoms with Gasteiger partial charge in [-0.3, -0.25) is 0 Å². The van der Waals surface area contributed by atoms with Crippen LogP contribution in [0.4, 0.5) is 4.39 Å². The summed E-state index contributed by atoms with van der Waals surface area (Å²) in [5.74, 6) is 0.0802. The Morgan fingerprint density at radius 3 is 2.04 bits per heavy atom. The van der Waals surface area contributed by atoms with Crippen LogP contribution in [0.1, 0.15) is 16.8 Å². The zero-order valence-corrected chi connectivity index (χ0v) is 14.6. The fourth-order valence-corrected chi connectivity index (χ4v) is 2.48. The maximum atomic E-state index is 12.8. The summed E-state index contributed by atoms with van der Waals surface area (Å²) in [4.78, 5) is 12.1. The van der Waals surface area contributed by atoms with E-state index in [-0.39, 0.29) is 18.2 Å². The zero-order valence-electron chi connectivity index (χ0n) is 14.6. The van der Waals surface area contributed by atoms with Gasteiger partial charge in [-0.05, 0) is 59.7 Å². The molecule has 0 unspecified atom stereocenters. The van der Waals surface area contributed by atoms with E-state index in [0.717, 1.165) is 11.1 Å². The number of benzene rings is 3. The van der Waals surface area contributed by atoms with E-state index >= 15 is 0 Å². The third-order valence-corrected chi connectivity index (χ3v) is 3.93. The molecule has 0 aliphatic carbocycles. The van der Waals surface area contributed by atoms with Crippen molar-refractivity contribution >= 4 is 5.97 Å². The van der Waals surface area contributed by atoms with Crippen LogP contribution in [0.3, 0.4) is 0 Å². The Hall–Kier alpha value is -3.34. The summed E-state index contributed by atoms with van der Waals surface area (Å²) in [5.41, 5.74) is 2.36.